The molecule has 0 saturated carbocycles. The lowest BCUT2D eigenvalue weighted by molar-refractivity contribution is -0.123. The molecule has 0 aliphatic carbocycles. The predicted molar refractivity (Wildman–Crippen MR) is 148 cm³/mol. The second kappa shape index (κ2) is 11.0. The highest BCUT2D eigenvalue weighted by Crippen LogP contribution is 2.35. The Morgan fingerprint density at radius 2 is 1.59 bits per heavy atom. The van der Waals surface area contributed by atoms with Gasteiger partial charge < -0.3 is 14.0 Å². The van der Waals surface area contributed by atoms with Crippen LogP contribution in [-0.4, -0.2) is 33.3 Å². The van der Waals surface area contributed by atoms with Crippen LogP contribution >= 0.6 is 11.8 Å². The summed E-state index contributed by atoms with van der Waals surface area (Å²) in [4.78, 5) is 27.4. The van der Waals surface area contributed by atoms with Crippen LogP contribution in [-0.2, 0) is 17.9 Å². The van der Waals surface area contributed by atoms with Crippen molar-refractivity contribution in [3.63, 3.8) is 0 Å². The molecule has 5 rings (SSSR count). The fourth-order valence-corrected chi connectivity index (χ4v) is 5.10. The van der Waals surface area contributed by atoms with Crippen molar-refractivity contribution < 1.29 is 19.1 Å². The van der Waals surface area contributed by atoms with Gasteiger partial charge in [0.2, 0.25) is 0 Å². The van der Waals surface area contributed by atoms with Crippen LogP contribution in [0.4, 0.5) is 4.79 Å². The van der Waals surface area contributed by atoms with Crippen molar-refractivity contribution in [3.8, 4) is 11.5 Å². The molecular formula is C30H28N2O4S. The van der Waals surface area contributed by atoms with E-state index >= 15 is 0 Å². The zero-order valence-corrected chi connectivity index (χ0v) is 21.6. The SMILES string of the molecule is CC(C)Oc1ccc(OCCn2cc(/C=C3\SC(=O)N(Cc4ccccc4)C3=O)c3ccccc32)cc1. The third-order valence-corrected chi connectivity index (χ3v) is 6.87. The fraction of sp³-hybridized carbons (Fsp3) is 0.200. The van der Waals surface area contributed by atoms with E-state index in [0.717, 1.165) is 45.3 Å². The number of carbonyl (C=O) groups excluding carboxylic acids is 2. The number of rotatable bonds is 9. The van der Waals surface area contributed by atoms with Gasteiger partial charge in [-0.15, -0.1) is 0 Å². The van der Waals surface area contributed by atoms with Crippen LogP contribution in [0.1, 0.15) is 25.0 Å². The number of fused-ring (bicyclic) bond motifs is 1. The molecule has 3 aromatic carbocycles. The first-order valence-corrected chi connectivity index (χ1v) is 13.1. The van der Waals surface area contributed by atoms with E-state index in [0.29, 0.717) is 18.1 Å². The molecule has 0 radical (unpaired) electrons. The Labute approximate surface area is 220 Å². The summed E-state index contributed by atoms with van der Waals surface area (Å²) in [7, 11) is 0. The minimum atomic E-state index is -0.260. The van der Waals surface area contributed by atoms with Crippen molar-refractivity contribution in [2.75, 3.05) is 6.61 Å². The van der Waals surface area contributed by atoms with Crippen LogP contribution in [0.3, 0.4) is 0 Å². The maximum atomic E-state index is 13.1. The average Bonchev–Trinajstić information content (AvgIpc) is 3.37. The predicted octanol–water partition coefficient (Wildman–Crippen LogP) is 6.74. The van der Waals surface area contributed by atoms with Gasteiger partial charge in [-0.05, 0) is 67.6 Å². The van der Waals surface area contributed by atoms with E-state index in [2.05, 4.69) is 4.57 Å². The standard InChI is InChI=1S/C30H28N2O4S/c1-21(2)36-25-14-12-24(13-15-25)35-17-16-31-20-23(26-10-6-7-11-27(26)31)18-28-29(33)32(30(34)37-28)19-22-8-4-3-5-9-22/h3-15,18,20-21H,16-17,19H2,1-2H3/b28-18-. The second-order valence-corrected chi connectivity index (χ2v) is 10.0. The number of imide groups is 1. The molecule has 0 N–H and O–H groups in total. The Bertz CT molecular complexity index is 1440. The van der Waals surface area contributed by atoms with E-state index in [-0.39, 0.29) is 23.8 Å². The number of ether oxygens (including phenoxy) is 2. The molecule has 1 aliphatic heterocycles. The molecule has 7 heteroatoms. The van der Waals surface area contributed by atoms with Gasteiger partial charge >= 0.3 is 0 Å². The highest BCUT2D eigenvalue weighted by atomic mass is 32.2. The van der Waals surface area contributed by atoms with Crippen molar-refractivity contribution >= 4 is 39.9 Å². The first-order valence-electron chi connectivity index (χ1n) is 12.2. The molecule has 2 amide bonds. The van der Waals surface area contributed by atoms with Gasteiger partial charge in [0, 0.05) is 22.7 Å². The van der Waals surface area contributed by atoms with Crippen molar-refractivity contribution in [2.24, 2.45) is 0 Å². The summed E-state index contributed by atoms with van der Waals surface area (Å²) in [6, 6.07) is 25.2. The molecule has 0 spiro atoms. The van der Waals surface area contributed by atoms with Gasteiger partial charge in [0.1, 0.15) is 18.1 Å². The zero-order chi connectivity index (χ0) is 25.8. The van der Waals surface area contributed by atoms with Gasteiger partial charge in [0.15, 0.2) is 0 Å². The minimum absolute atomic E-state index is 0.126. The van der Waals surface area contributed by atoms with Gasteiger partial charge in [-0.25, -0.2) is 0 Å². The Morgan fingerprint density at radius 3 is 2.35 bits per heavy atom. The molecular weight excluding hydrogens is 484 g/mol. The number of hydrogen-bond acceptors (Lipinski definition) is 5. The Hall–Kier alpha value is -3.97. The lowest BCUT2D eigenvalue weighted by Crippen LogP contribution is -2.27. The number of hydrogen-bond donors (Lipinski definition) is 0. The maximum absolute atomic E-state index is 13.1. The molecule has 0 bridgehead atoms. The van der Waals surface area contributed by atoms with Crippen LogP contribution in [0.25, 0.3) is 17.0 Å². The first-order chi connectivity index (χ1) is 18.0. The van der Waals surface area contributed by atoms with Crippen molar-refractivity contribution in [1.82, 2.24) is 9.47 Å². The van der Waals surface area contributed by atoms with E-state index in [1.807, 2.05) is 105 Å². The summed E-state index contributed by atoms with van der Waals surface area (Å²) in [6.45, 7) is 5.38. The molecule has 0 unspecified atom stereocenters. The normalized spacial score (nSPS) is 14.8. The van der Waals surface area contributed by atoms with Gasteiger partial charge in [-0.2, -0.15) is 0 Å². The Kier molecular flexibility index (Phi) is 7.32. The third-order valence-electron chi connectivity index (χ3n) is 5.96. The van der Waals surface area contributed by atoms with Crippen LogP contribution in [0.15, 0.2) is 90.0 Å². The zero-order valence-electron chi connectivity index (χ0n) is 20.8. The number of nitrogens with zero attached hydrogens (tertiary/aromatic N) is 2. The summed E-state index contributed by atoms with van der Waals surface area (Å²) in [6.07, 6.45) is 3.96. The third kappa shape index (κ3) is 5.73. The number of para-hydroxylation sites is 1. The van der Waals surface area contributed by atoms with E-state index in [9.17, 15) is 9.59 Å². The number of thioether (sulfide) groups is 1. The molecule has 4 aromatic rings. The average molecular weight is 513 g/mol. The van der Waals surface area contributed by atoms with E-state index in [4.69, 9.17) is 9.47 Å². The molecule has 0 atom stereocenters. The monoisotopic (exact) mass is 512 g/mol. The van der Waals surface area contributed by atoms with Crippen LogP contribution in [0, 0.1) is 0 Å². The van der Waals surface area contributed by atoms with Gasteiger partial charge in [0.05, 0.1) is 24.1 Å². The molecule has 2 heterocycles. The van der Waals surface area contributed by atoms with E-state index < -0.39 is 0 Å². The molecule has 1 saturated heterocycles. The fourth-order valence-electron chi connectivity index (χ4n) is 4.27. The smallest absolute Gasteiger partial charge is 0.293 e. The second-order valence-electron chi connectivity index (χ2n) is 9.03. The summed E-state index contributed by atoms with van der Waals surface area (Å²) >= 11 is 0.988. The Morgan fingerprint density at radius 1 is 0.892 bits per heavy atom. The highest BCUT2D eigenvalue weighted by Gasteiger charge is 2.35. The summed E-state index contributed by atoms with van der Waals surface area (Å²) in [5.74, 6) is 1.33. The van der Waals surface area contributed by atoms with Gasteiger partial charge in [0.25, 0.3) is 11.1 Å². The number of aromatic nitrogens is 1. The minimum Gasteiger partial charge on any atom is -0.492 e. The number of benzene rings is 3. The van der Waals surface area contributed by atoms with Gasteiger partial charge in [-0.3, -0.25) is 14.5 Å². The van der Waals surface area contributed by atoms with Crippen LogP contribution in [0.2, 0.25) is 0 Å². The lowest BCUT2D eigenvalue weighted by atomic mass is 10.1. The first kappa shape index (κ1) is 24.7. The van der Waals surface area contributed by atoms with Crippen LogP contribution in [0.5, 0.6) is 11.5 Å². The van der Waals surface area contributed by atoms with Crippen molar-refractivity contribution in [2.45, 2.75) is 33.0 Å². The topological polar surface area (TPSA) is 60.8 Å². The highest BCUT2D eigenvalue weighted by molar-refractivity contribution is 8.18. The van der Waals surface area contributed by atoms with Crippen LogP contribution < -0.4 is 9.47 Å². The summed E-state index contributed by atoms with van der Waals surface area (Å²) in [5.41, 5.74) is 2.86. The molecule has 1 fully saturated rings. The van der Waals surface area contributed by atoms with Gasteiger partial charge in [-0.1, -0.05) is 48.5 Å². The quantitative estimate of drug-likeness (QED) is 0.232. The molecule has 37 heavy (non-hydrogen) atoms. The largest absolute Gasteiger partial charge is 0.492 e. The lowest BCUT2D eigenvalue weighted by Gasteiger charge is -2.12. The van der Waals surface area contributed by atoms with Crippen molar-refractivity contribution in [1.29, 1.82) is 0 Å². The van der Waals surface area contributed by atoms with E-state index in [1.165, 1.54) is 4.90 Å². The molecule has 1 aromatic heterocycles. The number of amides is 2. The molecule has 6 nitrogen and oxygen atoms in total. The van der Waals surface area contributed by atoms with E-state index in [1.54, 1.807) is 0 Å². The summed E-state index contributed by atoms with van der Waals surface area (Å²) < 4.78 is 13.8. The summed E-state index contributed by atoms with van der Waals surface area (Å²) in [5, 5.41) is 0.773. The number of carbonyl (C=O) groups is 2. The molecule has 188 valence electrons. The Balaban J connectivity index is 1.30. The maximum Gasteiger partial charge on any atom is 0.293 e. The van der Waals surface area contributed by atoms with Crippen molar-refractivity contribution in [3.05, 3.63) is 101 Å². The molecule has 1 aliphatic rings.